The first-order valence-corrected chi connectivity index (χ1v) is 17.5. The molecule has 11 nitrogen and oxygen atoms in total. The summed E-state index contributed by atoms with van der Waals surface area (Å²) in [5.74, 6) is -2.34. The molecule has 0 aliphatic carbocycles. The van der Waals surface area contributed by atoms with Gasteiger partial charge < -0.3 is 25.6 Å². The monoisotopic (exact) mass is 633 g/mol. The Hall–Kier alpha value is -3.02. The van der Waals surface area contributed by atoms with Gasteiger partial charge in [0.2, 0.25) is 23.6 Å². The number of nitrogens with one attached hydrogen (secondary N) is 3. The second-order valence-corrected chi connectivity index (χ2v) is 12.7. The number of carbonyl (C=O) groups is 5. The van der Waals surface area contributed by atoms with E-state index in [2.05, 4.69) is 27.9 Å². The number of carbonyl (C=O) groups excluding carboxylic acids is 5. The van der Waals surface area contributed by atoms with E-state index in [0.717, 1.165) is 19.3 Å². The quantitative estimate of drug-likeness (QED) is 0.145. The molecule has 3 N–H and O–H groups in total. The molecule has 12 heteroatoms. The van der Waals surface area contributed by atoms with Crippen molar-refractivity contribution in [1.29, 1.82) is 0 Å². The van der Waals surface area contributed by atoms with Crippen molar-refractivity contribution in [2.45, 2.75) is 134 Å². The van der Waals surface area contributed by atoms with Crippen LogP contribution in [0, 0.1) is 0 Å². The van der Waals surface area contributed by atoms with Crippen molar-refractivity contribution in [3.8, 4) is 0 Å². The maximum Gasteiger partial charge on any atom is 0.325 e. The van der Waals surface area contributed by atoms with Gasteiger partial charge in [0.25, 0.3) is 0 Å². The van der Waals surface area contributed by atoms with Crippen molar-refractivity contribution in [1.82, 2.24) is 25.8 Å². The number of unbranched alkanes of at least 4 members (excludes halogenated alkanes) is 11. The van der Waals surface area contributed by atoms with Gasteiger partial charge in [0.05, 0.1) is 17.8 Å². The molecule has 2 aliphatic heterocycles. The van der Waals surface area contributed by atoms with E-state index in [0.29, 0.717) is 31.7 Å². The molecule has 0 radical (unpaired) electrons. The second kappa shape index (κ2) is 19.4. The smallest absolute Gasteiger partial charge is 0.325 e. The molecule has 44 heavy (non-hydrogen) atoms. The summed E-state index contributed by atoms with van der Waals surface area (Å²) in [6.07, 6.45) is 15.8. The van der Waals surface area contributed by atoms with Crippen LogP contribution in [-0.2, 0) is 28.7 Å². The Balaban J connectivity index is 1.38. The molecule has 1 aromatic rings. The van der Waals surface area contributed by atoms with Gasteiger partial charge in [-0.15, -0.1) is 11.3 Å². The van der Waals surface area contributed by atoms with Crippen LogP contribution in [-0.4, -0.2) is 77.3 Å². The van der Waals surface area contributed by atoms with Crippen LogP contribution in [0.2, 0.25) is 0 Å². The van der Waals surface area contributed by atoms with Crippen LogP contribution in [0.5, 0.6) is 0 Å². The van der Waals surface area contributed by atoms with Gasteiger partial charge in [-0.3, -0.25) is 24.0 Å². The molecule has 0 saturated carbocycles. The van der Waals surface area contributed by atoms with E-state index in [4.69, 9.17) is 4.74 Å². The molecule has 1 unspecified atom stereocenters. The fourth-order valence-electron chi connectivity index (χ4n) is 5.96. The van der Waals surface area contributed by atoms with Crippen molar-refractivity contribution in [2.24, 2.45) is 0 Å². The molecule has 4 amide bonds. The largest absolute Gasteiger partial charge is 0.464 e. The number of aromatic nitrogens is 1. The van der Waals surface area contributed by atoms with Gasteiger partial charge in [-0.2, -0.15) is 0 Å². The van der Waals surface area contributed by atoms with Crippen LogP contribution >= 0.6 is 11.3 Å². The number of ether oxygens (including phenoxy) is 1. The third-order valence-electron chi connectivity index (χ3n) is 8.49. The minimum Gasteiger partial charge on any atom is -0.464 e. The summed E-state index contributed by atoms with van der Waals surface area (Å²) in [5.41, 5.74) is 2.39. The lowest BCUT2D eigenvalue weighted by Crippen LogP contribution is -2.55. The first-order chi connectivity index (χ1) is 21.3. The molecule has 0 bridgehead atoms. The lowest BCUT2D eigenvalue weighted by Gasteiger charge is -2.29. The van der Waals surface area contributed by atoms with E-state index in [-0.39, 0.29) is 24.8 Å². The van der Waals surface area contributed by atoms with Crippen molar-refractivity contribution in [3.63, 3.8) is 0 Å². The Morgan fingerprint density at radius 2 is 1.66 bits per heavy atom. The van der Waals surface area contributed by atoms with Crippen molar-refractivity contribution in [3.05, 3.63) is 16.6 Å². The highest BCUT2D eigenvalue weighted by Gasteiger charge is 2.45. The van der Waals surface area contributed by atoms with Gasteiger partial charge in [0, 0.05) is 24.3 Å². The maximum absolute atomic E-state index is 13.4. The zero-order valence-corrected chi connectivity index (χ0v) is 27.3. The van der Waals surface area contributed by atoms with Crippen molar-refractivity contribution < 1.29 is 28.7 Å². The molecule has 2 saturated heterocycles. The lowest BCUT2D eigenvalue weighted by molar-refractivity contribution is -0.145. The zero-order chi connectivity index (χ0) is 31.7. The van der Waals surface area contributed by atoms with Gasteiger partial charge in [-0.05, 0) is 26.2 Å². The average molecular weight is 634 g/mol. The van der Waals surface area contributed by atoms with E-state index in [1.54, 1.807) is 12.4 Å². The van der Waals surface area contributed by atoms with Crippen molar-refractivity contribution in [2.75, 3.05) is 19.7 Å². The third-order valence-corrected chi connectivity index (χ3v) is 9.09. The predicted molar refractivity (Wildman–Crippen MR) is 169 cm³/mol. The number of hydrogen-bond donors (Lipinski definition) is 3. The third kappa shape index (κ3) is 11.5. The topological polar surface area (TPSA) is 147 Å². The van der Waals surface area contributed by atoms with E-state index >= 15 is 0 Å². The highest BCUT2D eigenvalue weighted by molar-refractivity contribution is 7.07. The summed E-state index contributed by atoms with van der Waals surface area (Å²) in [4.78, 5) is 69.0. The maximum atomic E-state index is 13.4. The highest BCUT2D eigenvalue weighted by Crippen LogP contribution is 2.34. The molecular weight excluding hydrogens is 582 g/mol. The van der Waals surface area contributed by atoms with Gasteiger partial charge in [0.15, 0.2) is 0 Å². The second-order valence-electron chi connectivity index (χ2n) is 12.0. The summed E-state index contributed by atoms with van der Waals surface area (Å²) >= 11 is 1.41. The summed E-state index contributed by atoms with van der Waals surface area (Å²) in [7, 11) is 0. The van der Waals surface area contributed by atoms with Crippen molar-refractivity contribution >= 4 is 40.9 Å². The Bertz CT molecular complexity index is 1070. The van der Waals surface area contributed by atoms with E-state index in [1.807, 2.05) is 5.38 Å². The summed E-state index contributed by atoms with van der Waals surface area (Å²) in [6, 6.07) is -2.44. The van der Waals surface area contributed by atoms with Crippen LogP contribution < -0.4 is 16.0 Å². The van der Waals surface area contributed by atoms with Gasteiger partial charge in [0.1, 0.15) is 24.7 Å². The van der Waals surface area contributed by atoms with Gasteiger partial charge in [-0.25, -0.2) is 4.98 Å². The normalized spacial score (nSPS) is 20.3. The van der Waals surface area contributed by atoms with E-state index < -0.39 is 41.8 Å². The number of esters is 1. The molecule has 2 aliphatic rings. The molecule has 246 valence electrons. The highest BCUT2D eigenvalue weighted by atomic mass is 32.1. The number of nitrogens with zero attached hydrogens (tertiary/aromatic N) is 2. The molecule has 4 atom stereocenters. The van der Waals surface area contributed by atoms with E-state index in [1.165, 1.54) is 74.0 Å². The minimum atomic E-state index is -0.898. The van der Waals surface area contributed by atoms with Crippen LogP contribution in [0.4, 0.5) is 0 Å². The van der Waals surface area contributed by atoms with Crippen LogP contribution in [0.3, 0.4) is 0 Å². The molecule has 2 fully saturated rings. The SMILES string of the molecule is CCCCCCCCCCCCCCOC(=O)CNC(=O)[C@@H]1C(c2cscn2)CCN1C(=O)[C@H](C)NC(=O)[C@@H]1CCC(=O)N1. The molecule has 1 aromatic heterocycles. The molecule has 3 rings (SSSR count). The molecule has 0 spiro atoms. The number of thiazole rings is 1. The Morgan fingerprint density at radius 3 is 2.25 bits per heavy atom. The number of hydrogen-bond acceptors (Lipinski definition) is 8. The fraction of sp³-hybridized carbons (Fsp3) is 0.750. The van der Waals surface area contributed by atoms with Crippen LogP contribution in [0.1, 0.15) is 122 Å². The van der Waals surface area contributed by atoms with E-state index in [9.17, 15) is 24.0 Å². The minimum absolute atomic E-state index is 0.195. The number of amides is 4. The predicted octanol–water partition coefficient (Wildman–Crippen LogP) is 3.97. The number of likely N-dealkylation sites (tertiary alicyclic amines) is 1. The Kier molecular flexibility index (Phi) is 15.6. The van der Waals surface area contributed by atoms with Gasteiger partial charge >= 0.3 is 5.97 Å². The summed E-state index contributed by atoms with van der Waals surface area (Å²) in [6.45, 7) is 4.15. The fourth-order valence-corrected chi connectivity index (χ4v) is 6.58. The zero-order valence-electron chi connectivity index (χ0n) is 26.4. The van der Waals surface area contributed by atoms with Crippen LogP contribution in [0.15, 0.2) is 10.9 Å². The summed E-state index contributed by atoms with van der Waals surface area (Å²) < 4.78 is 5.34. The molecule has 0 aromatic carbocycles. The standard InChI is InChI=1S/C32H51N5O6S/c1-3-4-5-6-7-8-9-10-11-12-13-14-19-43-28(39)20-33-31(41)29-24(26-21-44-22-34-26)17-18-37(29)32(42)23(2)35-30(40)25-15-16-27(38)36-25/h21-25,29H,3-20H2,1-2H3,(H,33,41)(H,35,40)(H,36,38)/t23-,24?,25-,29-/m0/s1. The average Bonchev–Trinajstić information content (AvgIpc) is 3.79. The Morgan fingerprint density at radius 1 is 1.00 bits per heavy atom. The number of rotatable bonds is 20. The molecule has 3 heterocycles. The summed E-state index contributed by atoms with van der Waals surface area (Å²) in [5, 5.41) is 9.79. The Labute approximate surface area is 265 Å². The molecular formula is C32H51N5O6S. The van der Waals surface area contributed by atoms with Gasteiger partial charge in [-0.1, -0.05) is 77.6 Å². The lowest BCUT2D eigenvalue weighted by atomic mass is 9.96. The first kappa shape index (κ1) is 35.5. The van der Waals surface area contributed by atoms with Crippen LogP contribution in [0.25, 0.3) is 0 Å². The first-order valence-electron chi connectivity index (χ1n) is 16.5.